The van der Waals surface area contributed by atoms with E-state index in [-0.39, 0.29) is 0 Å². The van der Waals surface area contributed by atoms with Crippen LogP contribution in [0.5, 0.6) is 0 Å². The van der Waals surface area contributed by atoms with Crippen LogP contribution in [0.1, 0.15) is 30.8 Å². The third-order valence-corrected chi connectivity index (χ3v) is 3.69. The molecule has 19 heavy (non-hydrogen) atoms. The lowest BCUT2D eigenvalue weighted by Crippen LogP contribution is -2.11. The molecule has 1 aromatic heterocycles. The molecule has 0 aliphatic carbocycles. The molecule has 3 nitrogen and oxygen atoms in total. The minimum Gasteiger partial charge on any atom is -0.316 e. The van der Waals surface area contributed by atoms with Crippen molar-refractivity contribution in [3.8, 4) is 5.69 Å². The van der Waals surface area contributed by atoms with Crippen LogP contribution in [0.15, 0.2) is 28.7 Å². The van der Waals surface area contributed by atoms with Crippen molar-refractivity contribution >= 4 is 15.9 Å². The van der Waals surface area contributed by atoms with E-state index in [0.717, 1.165) is 35.2 Å². The zero-order valence-electron chi connectivity index (χ0n) is 11.7. The topological polar surface area (TPSA) is 29.9 Å². The first-order valence-corrected chi connectivity index (χ1v) is 7.50. The summed E-state index contributed by atoms with van der Waals surface area (Å²) in [5.41, 5.74) is 4.82. The molecular formula is C15H20BrN3. The molecule has 2 aromatic rings. The van der Waals surface area contributed by atoms with Crippen LogP contribution in [0, 0.1) is 0 Å². The second-order valence-corrected chi connectivity index (χ2v) is 5.46. The Balaban J connectivity index is 2.53. The average molecular weight is 322 g/mol. The number of aryl methyl sites for hydroxylation is 2. The van der Waals surface area contributed by atoms with Gasteiger partial charge in [0.1, 0.15) is 0 Å². The second kappa shape index (κ2) is 6.35. The molecule has 4 heteroatoms. The molecule has 0 radical (unpaired) electrons. The normalized spacial score (nSPS) is 10.9. The van der Waals surface area contributed by atoms with Crippen molar-refractivity contribution in [2.75, 3.05) is 7.05 Å². The number of aromatic nitrogens is 2. The Kier molecular flexibility index (Phi) is 4.77. The van der Waals surface area contributed by atoms with Gasteiger partial charge in [-0.15, -0.1) is 0 Å². The van der Waals surface area contributed by atoms with E-state index in [1.807, 2.05) is 7.05 Å². The molecule has 0 saturated carbocycles. The smallest absolute Gasteiger partial charge is 0.0694 e. The average Bonchev–Trinajstić information content (AvgIpc) is 2.82. The fourth-order valence-corrected chi connectivity index (χ4v) is 2.61. The summed E-state index contributed by atoms with van der Waals surface area (Å²) in [6.07, 6.45) is 1.96. The Morgan fingerprint density at radius 2 is 2.00 bits per heavy atom. The van der Waals surface area contributed by atoms with Crippen LogP contribution in [0.2, 0.25) is 0 Å². The third-order valence-electron chi connectivity index (χ3n) is 3.20. The SMILES string of the molecule is CCc1cc(CC)n(-c2ccc(Br)cc2CNC)n1. The zero-order valence-corrected chi connectivity index (χ0v) is 13.3. The van der Waals surface area contributed by atoms with Gasteiger partial charge < -0.3 is 5.32 Å². The molecule has 0 bridgehead atoms. The van der Waals surface area contributed by atoms with Gasteiger partial charge in [0, 0.05) is 16.7 Å². The molecule has 0 spiro atoms. The second-order valence-electron chi connectivity index (χ2n) is 4.55. The first kappa shape index (κ1) is 14.3. The van der Waals surface area contributed by atoms with Crippen molar-refractivity contribution in [2.24, 2.45) is 0 Å². The van der Waals surface area contributed by atoms with Gasteiger partial charge in [0.25, 0.3) is 0 Å². The van der Waals surface area contributed by atoms with E-state index in [1.165, 1.54) is 11.3 Å². The van der Waals surface area contributed by atoms with Crippen LogP contribution >= 0.6 is 15.9 Å². The molecule has 0 aliphatic rings. The summed E-state index contributed by atoms with van der Waals surface area (Å²) >= 11 is 3.54. The summed E-state index contributed by atoms with van der Waals surface area (Å²) < 4.78 is 3.18. The lowest BCUT2D eigenvalue weighted by Gasteiger charge is -2.12. The van der Waals surface area contributed by atoms with Gasteiger partial charge >= 0.3 is 0 Å². The molecule has 1 aromatic carbocycles. The fraction of sp³-hybridized carbons (Fsp3) is 0.400. The van der Waals surface area contributed by atoms with Gasteiger partial charge in [-0.05, 0) is 49.7 Å². The standard InChI is InChI=1S/C15H20BrN3/c1-4-13-9-14(5-2)19(18-13)15-7-6-12(16)8-11(15)10-17-3/h6-9,17H,4-5,10H2,1-3H3. The van der Waals surface area contributed by atoms with Crippen LogP contribution in [-0.2, 0) is 19.4 Å². The highest BCUT2D eigenvalue weighted by Crippen LogP contribution is 2.22. The molecule has 0 fully saturated rings. The Hall–Kier alpha value is -1.13. The Morgan fingerprint density at radius 3 is 2.63 bits per heavy atom. The number of rotatable bonds is 5. The van der Waals surface area contributed by atoms with E-state index in [9.17, 15) is 0 Å². The van der Waals surface area contributed by atoms with E-state index in [2.05, 4.69) is 64.0 Å². The van der Waals surface area contributed by atoms with Gasteiger partial charge in [0.2, 0.25) is 0 Å². The van der Waals surface area contributed by atoms with Crippen molar-refractivity contribution in [2.45, 2.75) is 33.2 Å². The lowest BCUT2D eigenvalue weighted by atomic mass is 10.1. The van der Waals surface area contributed by atoms with Crippen molar-refractivity contribution in [3.63, 3.8) is 0 Å². The molecule has 0 amide bonds. The Bertz CT molecular complexity index is 561. The number of halogens is 1. The van der Waals surface area contributed by atoms with E-state index in [0.29, 0.717) is 0 Å². The highest BCUT2D eigenvalue weighted by atomic mass is 79.9. The molecule has 1 N–H and O–H groups in total. The molecule has 0 unspecified atom stereocenters. The quantitative estimate of drug-likeness (QED) is 0.913. The van der Waals surface area contributed by atoms with E-state index in [4.69, 9.17) is 5.10 Å². The molecule has 0 saturated heterocycles. The van der Waals surface area contributed by atoms with E-state index < -0.39 is 0 Å². The van der Waals surface area contributed by atoms with Gasteiger partial charge in [-0.25, -0.2) is 4.68 Å². The number of nitrogens with one attached hydrogen (secondary N) is 1. The summed E-state index contributed by atoms with van der Waals surface area (Å²) in [7, 11) is 1.96. The largest absolute Gasteiger partial charge is 0.316 e. The summed E-state index contributed by atoms with van der Waals surface area (Å²) in [4.78, 5) is 0. The van der Waals surface area contributed by atoms with Crippen LogP contribution < -0.4 is 5.32 Å². The summed E-state index contributed by atoms with van der Waals surface area (Å²) in [5, 5.41) is 7.93. The maximum Gasteiger partial charge on any atom is 0.0694 e. The maximum absolute atomic E-state index is 4.72. The van der Waals surface area contributed by atoms with Crippen molar-refractivity contribution in [3.05, 3.63) is 45.7 Å². The van der Waals surface area contributed by atoms with Gasteiger partial charge in [-0.2, -0.15) is 5.10 Å². The Morgan fingerprint density at radius 1 is 1.21 bits per heavy atom. The van der Waals surface area contributed by atoms with Gasteiger partial charge in [0.05, 0.1) is 11.4 Å². The highest BCUT2D eigenvalue weighted by molar-refractivity contribution is 9.10. The minimum atomic E-state index is 0.833. The number of hydrogen-bond donors (Lipinski definition) is 1. The van der Waals surface area contributed by atoms with Crippen LogP contribution in [0.3, 0.4) is 0 Å². The number of benzene rings is 1. The van der Waals surface area contributed by atoms with Gasteiger partial charge in [0.15, 0.2) is 0 Å². The van der Waals surface area contributed by atoms with Gasteiger partial charge in [-0.1, -0.05) is 29.8 Å². The minimum absolute atomic E-state index is 0.833. The molecule has 102 valence electrons. The molecule has 2 rings (SSSR count). The van der Waals surface area contributed by atoms with Crippen LogP contribution in [-0.4, -0.2) is 16.8 Å². The Labute approximate surface area is 123 Å². The predicted octanol–water partition coefficient (Wildman–Crippen LogP) is 3.48. The predicted molar refractivity (Wildman–Crippen MR) is 82.8 cm³/mol. The van der Waals surface area contributed by atoms with E-state index in [1.54, 1.807) is 0 Å². The van der Waals surface area contributed by atoms with Gasteiger partial charge in [-0.3, -0.25) is 0 Å². The monoisotopic (exact) mass is 321 g/mol. The first-order chi connectivity index (χ1) is 9.19. The summed E-state index contributed by atoms with van der Waals surface area (Å²) in [5.74, 6) is 0. The molecular weight excluding hydrogens is 302 g/mol. The summed E-state index contributed by atoms with van der Waals surface area (Å²) in [6.45, 7) is 5.14. The van der Waals surface area contributed by atoms with Crippen molar-refractivity contribution in [1.82, 2.24) is 15.1 Å². The molecule has 0 aliphatic heterocycles. The third kappa shape index (κ3) is 3.07. The van der Waals surface area contributed by atoms with Crippen LogP contribution in [0.25, 0.3) is 5.69 Å². The molecule has 0 atom stereocenters. The maximum atomic E-state index is 4.72. The van der Waals surface area contributed by atoms with Crippen molar-refractivity contribution in [1.29, 1.82) is 0 Å². The lowest BCUT2D eigenvalue weighted by molar-refractivity contribution is 0.757. The van der Waals surface area contributed by atoms with E-state index >= 15 is 0 Å². The van der Waals surface area contributed by atoms with Crippen molar-refractivity contribution < 1.29 is 0 Å². The highest BCUT2D eigenvalue weighted by Gasteiger charge is 2.11. The molecule has 1 heterocycles. The van der Waals surface area contributed by atoms with Crippen LogP contribution in [0.4, 0.5) is 0 Å². The summed E-state index contributed by atoms with van der Waals surface area (Å²) in [6, 6.07) is 8.55. The number of hydrogen-bond acceptors (Lipinski definition) is 2. The number of nitrogens with zero attached hydrogens (tertiary/aromatic N) is 2. The zero-order chi connectivity index (χ0) is 13.8. The fourth-order valence-electron chi connectivity index (χ4n) is 2.20. The first-order valence-electron chi connectivity index (χ1n) is 6.70.